The Hall–Kier alpha value is -1.66. The van der Waals surface area contributed by atoms with E-state index in [2.05, 4.69) is 104 Å². The minimum atomic E-state index is 0. The summed E-state index contributed by atoms with van der Waals surface area (Å²) in [7, 11) is 6.26. The topological polar surface area (TPSA) is 7.12 Å². The summed E-state index contributed by atoms with van der Waals surface area (Å²) in [5.74, 6) is 0. The van der Waals surface area contributed by atoms with E-state index < -0.39 is 0 Å². The molecule has 3 rings (SSSR count). The highest BCUT2D eigenvalue weighted by Gasteiger charge is 2.17. The molecule has 1 aromatic heterocycles. The van der Waals surface area contributed by atoms with Crippen molar-refractivity contribution in [3.8, 4) is 11.3 Å². The molecule has 0 saturated heterocycles. The molecule has 0 N–H and O–H groups in total. The van der Waals surface area contributed by atoms with Crippen LogP contribution in [0.15, 0.2) is 47.8 Å². The normalized spacial score (nSPS) is 10.8. The molecule has 0 aliphatic rings. The van der Waals surface area contributed by atoms with Crippen LogP contribution in [0.5, 0.6) is 0 Å². The summed E-state index contributed by atoms with van der Waals surface area (Å²) >= 11 is 1.78. The Morgan fingerprint density at radius 2 is 1.65 bits per heavy atom. The van der Waals surface area contributed by atoms with Gasteiger partial charge in [0.15, 0.2) is 0 Å². The van der Waals surface area contributed by atoms with Gasteiger partial charge in [0.05, 0.1) is 5.38 Å². The van der Waals surface area contributed by atoms with Crippen LogP contribution in [0.4, 0.5) is 5.69 Å². The summed E-state index contributed by atoms with van der Waals surface area (Å²) in [6.45, 7) is 4.32. The van der Waals surface area contributed by atoms with Gasteiger partial charge in [-0.2, -0.15) is 4.57 Å². The highest BCUT2D eigenvalue weighted by molar-refractivity contribution is 7.10. The highest BCUT2D eigenvalue weighted by atomic mass is 127. The first kappa shape index (κ1) is 20.6. The molecule has 0 aliphatic carbocycles. The van der Waals surface area contributed by atoms with Gasteiger partial charge >= 0.3 is 0 Å². The molecule has 0 spiro atoms. The second-order valence-electron chi connectivity index (χ2n) is 6.66. The lowest BCUT2D eigenvalue weighted by Gasteiger charge is -2.11. The van der Waals surface area contributed by atoms with Gasteiger partial charge in [-0.1, -0.05) is 41.2 Å². The van der Waals surface area contributed by atoms with E-state index >= 15 is 0 Å². The largest absolute Gasteiger partial charge is 1.00 e. The average Bonchev–Trinajstić information content (AvgIpc) is 2.94. The van der Waals surface area contributed by atoms with Crippen molar-refractivity contribution in [3.63, 3.8) is 0 Å². The van der Waals surface area contributed by atoms with E-state index in [1.165, 1.54) is 38.6 Å². The van der Waals surface area contributed by atoms with Gasteiger partial charge in [0.25, 0.3) is 5.01 Å². The van der Waals surface area contributed by atoms with E-state index in [-0.39, 0.29) is 24.0 Å². The van der Waals surface area contributed by atoms with E-state index in [9.17, 15) is 0 Å². The maximum absolute atomic E-state index is 2.27. The standard InChI is InChI=1S/C22H25N2S.HI/c1-16-6-12-20(17(2)14-16)21-15-25-22(24(21)5)13-9-18-7-10-19(11-8-18)23(3)4;/h6-15H,1-5H3;1H/q+1;/p-1. The summed E-state index contributed by atoms with van der Waals surface area (Å²) in [6, 6.07) is 15.3. The van der Waals surface area contributed by atoms with Crippen molar-refractivity contribution in [3.05, 3.63) is 69.5 Å². The molecule has 4 heteroatoms. The quantitative estimate of drug-likeness (QED) is 0.414. The molecule has 136 valence electrons. The molecule has 1 heterocycles. The van der Waals surface area contributed by atoms with Gasteiger partial charge in [-0.25, -0.2) is 0 Å². The number of benzene rings is 2. The van der Waals surface area contributed by atoms with Crippen LogP contribution in [0.2, 0.25) is 0 Å². The van der Waals surface area contributed by atoms with Gasteiger partial charge in [0.1, 0.15) is 7.05 Å². The number of nitrogens with zero attached hydrogens (tertiary/aromatic N) is 2. The predicted octanol–water partition coefficient (Wildman–Crippen LogP) is 2.10. The van der Waals surface area contributed by atoms with Gasteiger partial charge < -0.3 is 28.9 Å². The summed E-state index contributed by atoms with van der Waals surface area (Å²) in [5, 5.41) is 3.48. The molecular weight excluding hydrogens is 451 g/mol. The second kappa shape index (κ2) is 8.82. The second-order valence-corrected chi connectivity index (χ2v) is 7.55. The Bertz CT molecular complexity index is 908. The van der Waals surface area contributed by atoms with Crippen molar-refractivity contribution >= 4 is 29.2 Å². The molecule has 0 unspecified atom stereocenters. The Labute approximate surface area is 177 Å². The number of aromatic nitrogens is 1. The van der Waals surface area contributed by atoms with Crippen LogP contribution in [-0.4, -0.2) is 14.1 Å². The first-order valence-corrected chi connectivity index (χ1v) is 9.34. The fourth-order valence-electron chi connectivity index (χ4n) is 2.94. The molecule has 2 nitrogen and oxygen atoms in total. The van der Waals surface area contributed by atoms with Crippen molar-refractivity contribution in [1.29, 1.82) is 0 Å². The van der Waals surface area contributed by atoms with Crippen LogP contribution >= 0.6 is 11.3 Å². The third-order valence-electron chi connectivity index (χ3n) is 4.47. The fourth-order valence-corrected chi connectivity index (χ4v) is 3.86. The van der Waals surface area contributed by atoms with Crippen molar-refractivity contribution in [1.82, 2.24) is 0 Å². The molecule has 0 aliphatic heterocycles. The number of halogens is 1. The zero-order valence-corrected chi connectivity index (χ0v) is 18.9. The van der Waals surface area contributed by atoms with Gasteiger partial charge in [0, 0.05) is 31.4 Å². The van der Waals surface area contributed by atoms with Crippen molar-refractivity contribution < 1.29 is 28.5 Å². The van der Waals surface area contributed by atoms with Crippen molar-refractivity contribution in [2.24, 2.45) is 7.05 Å². The molecule has 0 saturated carbocycles. The number of aryl methyl sites for hydroxylation is 2. The number of thiazole rings is 1. The van der Waals surface area contributed by atoms with E-state index in [0.717, 1.165) is 0 Å². The van der Waals surface area contributed by atoms with Crippen LogP contribution in [-0.2, 0) is 7.05 Å². The van der Waals surface area contributed by atoms with E-state index in [1.807, 2.05) is 0 Å². The summed E-state index contributed by atoms with van der Waals surface area (Å²) in [5.41, 5.74) is 7.64. The number of hydrogen-bond acceptors (Lipinski definition) is 2. The molecule has 26 heavy (non-hydrogen) atoms. The number of rotatable bonds is 4. The lowest BCUT2D eigenvalue weighted by molar-refractivity contribution is -0.657. The average molecular weight is 476 g/mol. The predicted molar refractivity (Wildman–Crippen MR) is 110 cm³/mol. The van der Waals surface area contributed by atoms with Gasteiger partial charge in [-0.3, -0.25) is 0 Å². The maximum Gasteiger partial charge on any atom is 0.261 e. The monoisotopic (exact) mass is 476 g/mol. The van der Waals surface area contributed by atoms with E-state index in [0.29, 0.717) is 0 Å². The highest BCUT2D eigenvalue weighted by Crippen LogP contribution is 2.25. The molecule has 0 bridgehead atoms. The molecule has 2 aromatic carbocycles. The Morgan fingerprint density at radius 3 is 2.27 bits per heavy atom. The van der Waals surface area contributed by atoms with Crippen LogP contribution in [0.1, 0.15) is 21.7 Å². The zero-order chi connectivity index (χ0) is 18.0. The van der Waals surface area contributed by atoms with Crippen molar-refractivity contribution in [2.75, 3.05) is 19.0 Å². The molecule has 0 atom stereocenters. The molecule has 0 radical (unpaired) electrons. The summed E-state index contributed by atoms with van der Waals surface area (Å²) < 4.78 is 2.27. The lowest BCUT2D eigenvalue weighted by atomic mass is 10.0. The van der Waals surface area contributed by atoms with Crippen molar-refractivity contribution in [2.45, 2.75) is 13.8 Å². The molecular formula is C22H25IN2S. The summed E-state index contributed by atoms with van der Waals surface area (Å²) in [4.78, 5) is 2.11. The maximum atomic E-state index is 2.27. The lowest BCUT2D eigenvalue weighted by Crippen LogP contribution is -3.00. The zero-order valence-electron chi connectivity index (χ0n) is 16.0. The van der Waals surface area contributed by atoms with Crippen LogP contribution in [0.25, 0.3) is 23.4 Å². The first-order chi connectivity index (χ1) is 12.0. The van der Waals surface area contributed by atoms with E-state index in [4.69, 9.17) is 0 Å². The minimum Gasteiger partial charge on any atom is -1.00 e. The summed E-state index contributed by atoms with van der Waals surface area (Å²) in [6.07, 6.45) is 4.37. The minimum absolute atomic E-state index is 0. The molecule has 3 aromatic rings. The Kier molecular flexibility index (Phi) is 7.01. The third kappa shape index (κ3) is 4.54. The van der Waals surface area contributed by atoms with Gasteiger partial charge in [-0.15, -0.1) is 0 Å². The first-order valence-electron chi connectivity index (χ1n) is 8.46. The van der Waals surface area contributed by atoms with Gasteiger partial charge in [-0.05, 0) is 49.2 Å². The Morgan fingerprint density at radius 1 is 0.962 bits per heavy atom. The van der Waals surface area contributed by atoms with Crippen LogP contribution in [0.3, 0.4) is 0 Å². The van der Waals surface area contributed by atoms with Gasteiger partial charge in [0.2, 0.25) is 5.69 Å². The SMILES string of the molecule is Cc1ccc(-c2csc(/C=C/c3ccc(N(C)C)cc3)[n+]2C)c(C)c1.[I-]. The number of anilines is 1. The number of hydrogen-bond donors (Lipinski definition) is 0. The smallest absolute Gasteiger partial charge is 0.261 e. The van der Waals surface area contributed by atoms with Crippen LogP contribution in [0, 0.1) is 13.8 Å². The molecule has 0 fully saturated rings. The Balaban J connectivity index is 0.00000243. The molecule has 0 amide bonds. The van der Waals surface area contributed by atoms with E-state index in [1.54, 1.807) is 11.3 Å². The third-order valence-corrected chi connectivity index (χ3v) is 5.46. The van der Waals surface area contributed by atoms with Crippen LogP contribution < -0.4 is 33.4 Å². The fraction of sp³-hybridized carbons (Fsp3) is 0.227.